The van der Waals surface area contributed by atoms with Gasteiger partial charge in [0.05, 0.1) is 21.3 Å². The highest BCUT2D eigenvalue weighted by atomic mass is 35.5. The van der Waals surface area contributed by atoms with Crippen LogP contribution in [-0.4, -0.2) is 10.9 Å². The quantitative estimate of drug-likeness (QED) is 0.674. The standard InChI is InChI=1S/C18H11Cl2FN2O/c19-14-7-6-12(9-15(14)20)23-18(24)11-5-8-17(22-10-11)13-3-1-2-4-16(13)21/h1-10H,(H,23,24). The SMILES string of the molecule is O=C(Nc1ccc(Cl)c(Cl)c1)c1ccc(-c2ccccc2F)nc1. The van der Waals surface area contributed by atoms with Crippen molar-refractivity contribution in [3.8, 4) is 11.3 Å². The number of hydrogen-bond acceptors (Lipinski definition) is 2. The molecule has 3 nitrogen and oxygen atoms in total. The van der Waals surface area contributed by atoms with Gasteiger partial charge in [0.1, 0.15) is 5.82 Å². The number of aromatic nitrogens is 1. The number of benzene rings is 2. The molecule has 6 heteroatoms. The van der Waals surface area contributed by atoms with Gasteiger partial charge in [-0.3, -0.25) is 9.78 Å². The third-order valence-electron chi connectivity index (χ3n) is 3.35. The molecule has 2 aromatic carbocycles. The Labute approximate surface area is 148 Å². The van der Waals surface area contributed by atoms with Crippen LogP contribution in [0.15, 0.2) is 60.8 Å². The molecule has 0 bridgehead atoms. The molecule has 0 saturated carbocycles. The molecule has 0 unspecified atom stereocenters. The van der Waals surface area contributed by atoms with Crippen LogP contribution in [0.2, 0.25) is 10.0 Å². The molecule has 0 radical (unpaired) electrons. The highest BCUT2D eigenvalue weighted by molar-refractivity contribution is 6.42. The fourth-order valence-corrected chi connectivity index (χ4v) is 2.43. The molecule has 0 aliphatic heterocycles. The first-order chi connectivity index (χ1) is 11.5. The summed E-state index contributed by atoms with van der Waals surface area (Å²) in [7, 11) is 0. The molecule has 0 fully saturated rings. The lowest BCUT2D eigenvalue weighted by atomic mass is 10.1. The molecular weight excluding hydrogens is 350 g/mol. The summed E-state index contributed by atoms with van der Waals surface area (Å²) in [6.07, 6.45) is 1.40. The van der Waals surface area contributed by atoms with E-state index < -0.39 is 0 Å². The maximum Gasteiger partial charge on any atom is 0.257 e. The van der Waals surface area contributed by atoms with Crippen molar-refractivity contribution in [3.63, 3.8) is 0 Å². The van der Waals surface area contributed by atoms with E-state index in [1.165, 1.54) is 12.3 Å². The van der Waals surface area contributed by atoms with E-state index in [-0.39, 0.29) is 11.7 Å². The maximum absolute atomic E-state index is 13.7. The Kier molecular flexibility index (Phi) is 4.79. The van der Waals surface area contributed by atoms with E-state index >= 15 is 0 Å². The van der Waals surface area contributed by atoms with E-state index in [1.807, 2.05) is 0 Å². The number of hydrogen-bond donors (Lipinski definition) is 1. The summed E-state index contributed by atoms with van der Waals surface area (Å²) >= 11 is 11.8. The van der Waals surface area contributed by atoms with Gasteiger partial charge in [0.2, 0.25) is 0 Å². The van der Waals surface area contributed by atoms with Gasteiger partial charge in [-0.15, -0.1) is 0 Å². The third kappa shape index (κ3) is 3.55. The van der Waals surface area contributed by atoms with Gasteiger partial charge in [0.25, 0.3) is 5.91 Å². The molecule has 1 aromatic heterocycles. The van der Waals surface area contributed by atoms with Crippen LogP contribution < -0.4 is 5.32 Å². The van der Waals surface area contributed by atoms with Crippen LogP contribution in [0.25, 0.3) is 11.3 Å². The van der Waals surface area contributed by atoms with Crippen LogP contribution in [0.4, 0.5) is 10.1 Å². The first kappa shape index (κ1) is 16.4. The van der Waals surface area contributed by atoms with Crippen LogP contribution in [-0.2, 0) is 0 Å². The predicted molar refractivity (Wildman–Crippen MR) is 94.0 cm³/mol. The van der Waals surface area contributed by atoms with Gasteiger partial charge in [0, 0.05) is 17.4 Å². The van der Waals surface area contributed by atoms with E-state index in [9.17, 15) is 9.18 Å². The van der Waals surface area contributed by atoms with Crippen molar-refractivity contribution >= 4 is 34.8 Å². The highest BCUT2D eigenvalue weighted by Gasteiger charge is 2.10. The number of anilines is 1. The Morgan fingerprint density at radius 1 is 1.00 bits per heavy atom. The summed E-state index contributed by atoms with van der Waals surface area (Å²) in [6, 6.07) is 14.3. The minimum Gasteiger partial charge on any atom is -0.322 e. The Morgan fingerprint density at radius 3 is 2.46 bits per heavy atom. The van der Waals surface area contributed by atoms with Gasteiger partial charge in [-0.25, -0.2) is 4.39 Å². The molecule has 0 aliphatic rings. The Balaban J connectivity index is 1.79. The summed E-state index contributed by atoms with van der Waals surface area (Å²) in [4.78, 5) is 16.4. The number of rotatable bonds is 3. The molecule has 0 saturated heterocycles. The topological polar surface area (TPSA) is 42.0 Å². The summed E-state index contributed by atoms with van der Waals surface area (Å²) in [5.41, 5.74) is 1.71. The lowest BCUT2D eigenvalue weighted by molar-refractivity contribution is 0.102. The van der Waals surface area contributed by atoms with Gasteiger partial charge in [-0.2, -0.15) is 0 Å². The summed E-state index contributed by atoms with van der Waals surface area (Å²) in [5.74, 6) is -0.709. The minimum atomic E-state index is -0.363. The average molecular weight is 361 g/mol. The zero-order chi connectivity index (χ0) is 17.1. The number of carbonyl (C=O) groups is 1. The molecule has 0 aliphatic carbocycles. The number of carbonyl (C=O) groups excluding carboxylic acids is 1. The monoisotopic (exact) mass is 360 g/mol. The van der Waals surface area contributed by atoms with Crippen molar-refractivity contribution in [2.45, 2.75) is 0 Å². The van der Waals surface area contributed by atoms with Crippen molar-refractivity contribution in [2.24, 2.45) is 0 Å². The van der Waals surface area contributed by atoms with E-state index in [2.05, 4.69) is 10.3 Å². The zero-order valence-electron chi connectivity index (χ0n) is 12.3. The molecule has 0 atom stereocenters. The van der Waals surface area contributed by atoms with Crippen LogP contribution in [0, 0.1) is 5.82 Å². The Bertz CT molecular complexity index is 898. The van der Waals surface area contributed by atoms with Crippen molar-refractivity contribution in [1.82, 2.24) is 4.98 Å². The Hall–Kier alpha value is -2.43. The molecular formula is C18H11Cl2FN2O. The van der Waals surface area contributed by atoms with Gasteiger partial charge in [-0.05, 0) is 42.5 Å². The van der Waals surface area contributed by atoms with E-state index in [0.717, 1.165) is 0 Å². The van der Waals surface area contributed by atoms with E-state index in [1.54, 1.807) is 48.5 Å². The fraction of sp³-hybridized carbons (Fsp3) is 0. The molecule has 1 amide bonds. The molecule has 24 heavy (non-hydrogen) atoms. The van der Waals surface area contributed by atoms with Crippen molar-refractivity contribution in [1.29, 1.82) is 0 Å². The molecule has 1 N–H and O–H groups in total. The summed E-state index contributed by atoms with van der Waals surface area (Å²) in [5, 5.41) is 3.46. The second kappa shape index (κ2) is 6.99. The molecule has 0 spiro atoms. The number of nitrogens with one attached hydrogen (secondary N) is 1. The highest BCUT2D eigenvalue weighted by Crippen LogP contribution is 2.25. The summed E-state index contributed by atoms with van der Waals surface area (Å²) in [6.45, 7) is 0. The number of halogens is 3. The third-order valence-corrected chi connectivity index (χ3v) is 4.09. The maximum atomic E-state index is 13.7. The number of pyridine rings is 1. The van der Waals surface area contributed by atoms with Gasteiger partial charge >= 0.3 is 0 Å². The molecule has 120 valence electrons. The Morgan fingerprint density at radius 2 is 1.79 bits per heavy atom. The summed E-state index contributed by atoms with van der Waals surface area (Å²) < 4.78 is 13.7. The van der Waals surface area contributed by atoms with Crippen molar-refractivity contribution in [2.75, 3.05) is 5.32 Å². The van der Waals surface area contributed by atoms with Crippen LogP contribution in [0.1, 0.15) is 10.4 Å². The molecule has 1 heterocycles. The van der Waals surface area contributed by atoms with Crippen LogP contribution >= 0.6 is 23.2 Å². The van der Waals surface area contributed by atoms with Crippen molar-refractivity contribution in [3.05, 3.63) is 82.2 Å². The van der Waals surface area contributed by atoms with E-state index in [4.69, 9.17) is 23.2 Å². The molecule has 3 aromatic rings. The normalized spacial score (nSPS) is 10.5. The predicted octanol–water partition coefficient (Wildman–Crippen LogP) is 5.45. The largest absolute Gasteiger partial charge is 0.322 e. The van der Waals surface area contributed by atoms with Gasteiger partial charge in [-0.1, -0.05) is 35.3 Å². The van der Waals surface area contributed by atoms with Crippen molar-refractivity contribution < 1.29 is 9.18 Å². The number of amides is 1. The average Bonchev–Trinajstić information content (AvgIpc) is 2.59. The van der Waals surface area contributed by atoms with E-state index in [0.29, 0.717) is 32.6 Å². The first-order valence-electron chi connectivity index (χ1n) is 7.02. The second-order valence-corrected chi connectivity index (χ2v) is 5.81. The molecule has 3 rings (SSSR count). The first-order valence-corrected chi connectivity index (χ1v) is 7.77. The zero-order valence-corrected chi connectivity index (χ0v) is 13.8. The second-order valence-electron chi connectivity index (χ2n) is 4.99. The fourth-order valence-electron chi connectivity index (χ4n) is 2.13. The van der Waals surface area contributed by atoms with Gasteiger partial charge in [0.15, 0.2) is 0 Å². The smallest absolute Gasteiger partial charge is 0.257 e. The van der Waals surface area contributed by atoms with Gasteiger partial charge < -0.3 is 5.32 Å². The lowest BCUT2D eigenvalue weighted by Crippen LogP contribution is -2.12. The lowest BCUT2D eigenvalue weighted by Gasteiger charge is -2.07. The number of nitrogens with zero attached hydrogens (tertiary/aromatic N) is 1. The minimum absolute atomic E-state index is 0.346. The van der Waals surface area contributed by atoms with Crippen LogP contribution in [0.5, 0.6) is 0 Å². The van der Waals surface area contributed by atoms with Crippen LogP contribution in [0.3, 0.4) is 0 Å².